The van der Waals surface area contributed by atoms with E-state index in [1.165, 1.54) is 24.3 Å². The van der Waals surface area contributed by atoms with Crippen molar-refractivity contribution >= 4 is 27.4 Å². The van der Waals surface area contributed by atoms with Crippen molar-refractivity contribution in [3.8, 4) is 5.75 Å². The first-order valence-corrected chi connectivity index (χ1v) is 9.77. The number of hydrogen-bond acceptors (Lipinski definition) is 5. The SMILES string of the molecule is COC(=O)CC1(S(=O)(=O)c2ccc(Cl)cc2)CCOc2c(F)ccc(F)c21. The number of hydrogen-bond donors (Lipinski definition) is 0. The zero-order valence-corrected chi connectivity index (χ0v) is 15.7. The van der Waals surface area contributed by atoms with Crippen LogP contribution in [0.4, 0.5) is 8.78 Å². The number of halogens is 3. The highest BCUT2D eigenvalue weighted by Gasteiger charge is 2.53. The minimum atomic E-state index is -4.34. The molecule has 1 aliphatic rings. The highest BCUT2D eigenvalue weighted by molar-refractivity contribution is 7.92. The number of methoxy groups -OCH3 is 1. The summed E-state index contributed by atoms with van der Waals surface area (Å²) in [6.07, 6.45) is -0.939. The standard InChI is InChI=1S/C18H15ClF2O5S/c1-25-15(22)10-18(27(23,24)12-4-2-11(19)3-5-12)8-9-26-17-14(21)7-6-13(20)16(17)18/h2-7H,8-10H2,1H3. The summed E-state index contributed by atoms with van der Waals surface area (Å²) in [4.78, 5) is 11.9. The maximum Gasteiger partial charge on any atom is 0.307 e. The number of carbonyl (C=O) groups excluding carboxylic acids is 1. The monoisotopic (exact) mass is 416 g/mol. The number of fused-ring (bicyclic) bond motifs is 1. The van der Waals surface area contributed by atoms with E-state index in [-0.39, 0.29) is 17.9 Å². The third-order valence-electron chi connectivity index (χ3n) is 4.56. The average molecular weight is 417 g/mol. The van der Waals surface area contributed by atoms with E-state index in [9.17, 15) is 22.0 Å². The van der Waals surface area contributed by atoms with Gasteiger partial charge in [0, 0.05) is 11.4 Å². The summed E-state index contributed by atoms with van der Waals surface area (Å²) in [7, 11) is -3.25. The molecule has 0 aliphatic carbocycles. The van der Waals surface area contributed by atoms with Gasteiger partial charge in [0.2, 0.25) is 0 Å². The van der Waals surface area contributed by atoms with Crippen molar-refractivity contribution in [3.05, 3.63) is 58.6 Å². The summed E-state index contributed by atoms with van der Waals surface area (Å²) in [5, 5.41) is 0.306. The first kappa shape index (κ1) is 19.6. The Morgan fingerprint density at radius 1 is 1.19 bits per heavy atom. The fraction of sp³-hybridized carbons (Fsp3) is 0.278. The quantitative estimate of drug-likeness (QED) is 0.712. The molecule has 5 nitrogen and oxygen atoms in total. The molecule has 0 spiro atoms. The fourth-order valence-electron chi connectivity index (χ4n) is 3.23. The Bertz CT molecular complexity index is 992. The van der Waals surface area contributed by atoms with Crippen LogP contribution in [0.5, 0.6) is 5.75 Å². The Labute approximate surface area is 159 Å². The molecule has 27 heavy (non-hydrogen) atoms. The number of benzene rings is 2. The fourth-order valence-corrected chi connectivity index (χ4v) is 5.42. The zero-order chi connectivity index (χ0) is 19.8. The first-order chi connectivity index (χ1) is 12.7. The number of carbonyl (C=O) groups is 1. The van der Waals surface area contributed by atoms with Crippen LogP contribution < -0.4 is 4.74 Å². The van der Waals surface area contributed by atoms with Crippen LogP contribution in [0.25, 0.3) is 0 Å². The van der Waals surface area contributed by atoms with Crippen LogP contribution in [-0.4, -0.2) is 28.1 Å². The Hall–Kier alpha value is -2.19. The van der Waals surface area contributed by atoms with Gasteiger partial charge in [0.05, 0.1) is 30.6 Å². The van der Waals surface area contributed by atoms with Gasteiger partial charge in [0.25, 0.3) is 0 Å². The van der Waals surface area contributed by atoms with Crippen molar-refractivity contribution in [2.24, 2.45) is 0 Å². The van der Waals surface area contributed by atoms with Gasteiger partial charge in [0.15, 0.2) is 21.4 Å². The third-order valence-corrected chi connectivity index (χ3v) is 7.29. The molecule has 0 saturated heterocycles. The van der Waals surface area contributed by atoms with E-state index >= 15 is 0 Å². The van der Waals surface area contributed by atoms with Crippen LogP contribution in [0, 0.1) is 11.6 Å². The maximum absolute atomic E-state index is 14.7. The van der Waals surface area contributed by atoms with Crippen molar-refractivity contribution in [2.75, 3.05) is 13.7 Å². The summed E-state index contributed by atoms with van der Waals surface area (Å²) in [5.41, 5.74) is -0.505. The molecule has 0 fully saturated rings. The van der Waals surface area contributed by atoms with E-state index in [0.29, 0.717) is 5.02 Å². The highest BCUT2D eigenvalue weighted by Crippen LogP contribution is 2.50. The topological polar surface area (TPSA) is 69.7 Å². The van der Waals surface area contributed by atoms with Gasteiger partial charge in [-0.3, -0.25) is 4.79 Å². The molecule has 0 bridgehead atoms. The normalized spacial score (nSPS) is 19.1. The largest absolute Gasteiger partial charge is 0.490 e. The van der Waals surface area contributed by atoms with Crippen molar-refractivity contribution in [2.45, 2.75) is 22.5 Å². The summed E-state index contributed by atoms with van der Waals surface area (Å²) < 4.78 is 63.7. The smallest absolute Gasteiger partial charge is 0.307 e. The minimum Gasteiger partial charge on any atom is -0.490 e. The van der Waals surface area contributed by atoms with Crippen molar-refractivity contribution in [3.63, 3.8) is 0 Å². The lowest BCUT2D eigenvalue weighted by Gasteiger charge is -2.37. The summed E-state index contributed by atoms with van der Waals surface area (Å²) in [5.74, 6) is -3.27. The molecule has 3 rings (SSSR count). The Kier molecular flexibility index (Phi) is 5.14. The number of esters is 1. The molecule has 0 aromatic heterocycles. The van der Waals surface area contributed by atoms with E-state index in [1.807, 2.05) is 0 Å². The number of rotatable bonds is 4. The predicted molar refractivity (Wildman–Crippen MR) is 93.4 cm³/mol. The second-order valence-corrected chi connectivity index (χ2v) is 8.73. The molecule has 1 atom stereocenters. The predicted octanol–water partition coefficient (Wildman–Crippen LogP) is 3.63. The Morgan fingerprint density at radius 3 is 2.44 bits per heavy atom. The molecule has 1 heterocycles. The van der Waals surface area contributed by atoms with Crippen LogP contribution in [0.15, 0.2) is 41.3 Å². The number of sulfone groups is 1. The van der Waals surface area contributed by atoms with E-state index in [1.54, 1.807) is 0 Å². The maximum atomic E-state index is 14.7. The van der Waals surface area contributed by atoms with Gasteiger partial charge in [-0.1, -0.05) is 11.6 Å². The lowest BCUT2D eigenvalue weighted by molar-refractivity contribution is -0.141. The molecular weight excluding hydrogens is 402 g/mol. The third kappa shape index (κ3) is 3.17. The zero-order valence-electron chi connectivity index (χ0n) is 14.2. The van der Waals surface area contributed by atoms with Crippen molar-refractivity contribution in [1.82, 2.24) is 0 Å². The van der Waals surface area contributed by atoms with Gasteiger partial charge in [-0.15, -0.1) is 0 Å². The van der Waals surface area contributed by atoms with E-state index < -0.39 is 49.9 Å². The molecular formula is C18H15ClF2O5S. The summed E-state index contributed by atoms with van der Waals surface area (Å²) >= 11 is 5.82. The molecule has 1 aliphatic heterocycles. The second-order valence-electron chi connectivity index (χ2n) is 6.04. The molecule has 0 saturated carbocycles. The van der Waals surface area contributed by atoms with E-state index in [0.717, 1.165) is 19.2 Å². The molecule has 0 radical (unpaired) electrons. The van der Waals surface area contributed by atoms with Gasteiger partial charge in [0.1, 0.15) is 10.6 Å². The summed E-state index contributed by atoms with van der Waals surface area (Å²) in [6, 6.07) is 6.89. The lowest BCUT2D eigenvalue weighted by atomic mass is 9.88. The first-order valence-electron chi connectivity index (χ1n) is 7.91. The summed E-state index contributed by atoms with van der Waals surface area (Å²) in [6.45, 7) is -0.211. The van der Waals surface area contributed by atoms with Crippen molar-refractivity contribution in [1.29, 1.82) is 0 Å². The Balaban J connectivity index is 2.32. The lowest BCUT2D eigenvalue weighted by Crippen LogP contribution is -2.43. The minimum absolute atomic E-state index is 0.174. The van der Waals surface area contributed by atoms with Crippen LogP contribution in [0.1, 0.15) is 18.4 Å². The molecule has 2 aromatic carbocycles. The second kappa shape index (κ2) is 7.09. The molecule has 2 aromatic rings. The van der Waals surface area contributed by atoms with Crippen molar-refractivity contribution < 1.29 is 31.5 Å². The van der Waals surface area contributed by atoms with Gasteiger partial charge in [-0.2, -0.15) is 0 Å². The molecule has 9 heteroatoms. The van der Waals surface area contributed by atoms with Gasteiger partial charge in [-0.05, 0) is 36.4 Å². The van der Waals surface area contributed by atoms with Gasteiger partial charge < -0.3 is 9.47 Å². The van der Waals surface area contributed by atoms with Crippen LogP contribution in [0.3, 0.4) is 0 Å². The molecule has 1 unspecified atom stereocenters. The highest BCUT2D eigenvalue weighted by atomic mass is 35.5. The van der Waals surface area contributed by atoms with Crippen LogP contribution in [0.2, 0.25) is 5.02 Å². The van der Waals surface area contributed by atoms with E-state index in [4.69, 9.17) is 16.3 Å². The molecule has 0 amide bonds. The average Bonchev–Trinajstić information content (AvgIpc) is 2.65. The molecule has 144 valence electrons. The number of ether oxygens (including phenoxy) is 2. The Morgan fingerprint density at radius 2 is 1.81 bits per heavy atom. The van der Waals surface area contributed by atoms with Crippen LogP contribution >= 0.6 is 11.6 Å². The van der Waals surface area contributed by atoms with Gasteiger partial charge >= 0.3 is 5.97 Å². The molecule has 0 N–H and O–H groups in total. The van der Waals surface area contributed by atoms with Gasteiger partial charge in [-0.25, -0.2) is 17.2 Å². The van der Waals surface area contributed by atoms with E-state index in [2.05, 4.69) is 4.74 Å². The van der Waals surface area contributed by atoms with Crippen LogP contribution in [-0.2, 0) is 24.1 Å².